The Hall–Kier alpha value is -0.570. The van der Waals surface area contributed by atoms with E-state index in [1.807, 2.05) is 0 Å². The zero-order valence-electron chi connectivity index (χ0n) is 9.04. The molecule has 0 aliphatic carbocycles. The quantitative estimate of drug-likeness (QED) is 0.623. The van der Waals surface area contributed by atoms with E-state index in [1.165, 1.54) is 19.3 Å². The molecule has 2 rings (SSSR count). The maximum absolute atomic E-state index is 12.0. The average molecular weight is 196 g/mol. The zero-order chi connectivity index (χ0) is 9.97. The van der Waals surface area contributed by atoms with E-state index in [4.69, 9.17) is 0 Å². The summed E-state index contributed by atoms with van der Waals surface area (Å²) >= 11 is 0. The number of nitrogens with zero attached hydrogens (tertiary/aromatic N) is 2. The highest BCUT2D eigenvalue weighted by Crippen LogP contribution is 2.19. The first kappa shape index (κ1) is 9.97. The molecule has 0 saturated carbocycles. The van der Waals surface area contributed by atoms with E-state index < -0.39 is 0 Å². The molecule has 0 spiro atoms. The largest absolute Gasteiger partial charge is 0.342 e. The van der Waals surface area contributed by atoms with Crippen molar-refractivity contribution in [2.45, 2.75) is 25.7 Å². The molecular formula is C11H20N2O. The molecular weight excluding hydrogens is 176 g/mol. The highest BCUT2D eigenvalue weighted by atomic mass is 16.2. The van der Waals surface area contributed by atoms with Gasteiger partial charge >= 0.3 is 0 Å². The van der Waals surface area contributed by atoms with Crippen molar-refractivity contribution in [2.75, 3.05) is 33.2 Å². The molecule has 2 fully saturated rings. The lowest BCUT2D eigenvalue weighted by atomic mass is 10.0. The maximum atomic E-state index is 12.0. The Morgan fingerprint density at radius 1 is 1.14 bits per heavy atom. The molecule has 0 unspecified atom stereocenters. The second-order valence-electron chi connectivity index (χ2n) is 4.63. The molecule has 0 aromatic rings. The van der Waals surface area contributed by atoms with Crippen molar-refractivity contribution < 1.29 is 4.79 Å². The predicted molar refractivity (Wildman–Crippen MR) is 56.0 cm³/mol. The van der Waals surface area contributed by atoms with Crippen LogP contribution in [-0.2, 0) is 4.79 Å². The van der Waals surface area contributed by atoms with Gasteiger partial charge in [0.2, 0.25) is 5.91 Å². The van der Waals surface area contributed by atoms with Gasteiger partial charge in [-0.2, -0.15) is 0 Å². The van der Waals surface area contributed by atoms with Crippen LogP contribution in [0.3, 0.4) is 0 Å². The molecule has 0 bridgehead atoms. The summed E-state index contributed by atoms with van der Waals surface area (Å²) in [6, 6.07) is 0. The lowest BCUT2D eigenvalue weighted by molar-refractivity contribution is -0.136. The minimum atomic E-state index is 0.290. The molecule has 2 aliphatic heterocycles. The Morgan fingerprint density at radius 3 is 2.43 bits per heavy atom. The zero-order valence-corrected chi connectivity index (χ0v) is 9.04. The number of likely N-dealkylation sites (tertiary alicyclic amines) is 2. The van der Waals surface area contributed by atoms with Crippen molar-refractivity contribution in [1.82, 2.24) is 9.80 Å². The van der Waals surface area contributed by atoms with Crippen LogP contribution in [0.5, 0.6) is 0 Å². The van der Waals surface area contributed by atoms with Crippen LogP contribution in [0.2, 0.25) is 0 Å². The van der Waals surface area contributed by atoms with Gasteiger partial charge in [-0.25, -0.2) is 0 Å². The minimum Gasteiger partial charge on any atom is -0.342 e. The Bertz CT molecular complexity index is 205. The van der Waals surface area contributed by atoms with Gasteiger partial charge in [0.25, 0.3) is 0 Å². The fraction of sp³-hybridized carbons (Fsp3) is 0.909. The minimum absolute atomic E-state index is 0.290. The highest BCUT2D eigenvalue weighted by molar-refractivity contribution is 5.79. The average Bonchev–Trinajstić information content (AvgIpc) is 2.65. The second-order valence-corrected chi connectivity index (χ2v) is 4.63. The van der Waals surface area contributed by atoms with E-state index in [0.29, 0.717) is 5.91 Å². The second kappa shape index (κ2) is 4.30. The number of hydrogen-bond donors (Lipinski definition) is 0. The van der Waals surface area contributed by atoms with Gasteiger partial charge in [0.15, 0.2) is 0 Å². The molecule has 3 heteroatoms. The van der Waals surface area contributed by atoms with Gasteiger partial charge in [-0.05, 0) is 39.3 Å². The Balaban J connectivity index is 1.87. The third-order valence-electron chi connectivity index (χ3n) is 3.41. The van der Waals surface area contributed by atoms with Gasteiger partial charge in [-0.1, -0.05) is 0 Å². The lowest BCUT2D eigenvalue weighted by Crippen LogP contribution is -2.40. The van der Waals surface area contributed by atoms with Gasteiger partial charge < -0.3 is 9.80 Å². The molecule has 0 radical (unpaired) electrons. The molecule has 2 aliphatic rings. The lowest BCUT2D eigenvalue weighted by Gasteiger charge is -2.29. The number of piperidine rings is 1. The third-order valence-corrected chi connectivity index (χ3v) is 3.41. The van der Waals surface area contributed by atoms with E-state index in [2.05, 4.69) is 16.8 Å². The van der Waals surface area contributed by atoms with E-state index in [0.717, 1.165) is 32.6 Å². The third kappa shape index (κ3) is 2.08. The summed E-state index contributed by atoms with van der Waals surface area (Å²) in [5.41, 5.74) is 0. The first-order valence-corrected chi connectivity index (χ1v) is 5.75. The van der Waals surface area contributed by atoms with Crippen molar-refractivity contribution in [1.29, 1.82) is 0 Å². The van der Waals surface area contributed by atoms with Crippen molar-refractivity contribution in [3.63, 3.8) is 0 Å². The normalized spacial score (nSPS) is 29.5. The maximum Gasteiger partial charge on any atom is 0.227 e. The van der Waals surface area contributed by atoms with Crippen LogP contribution in [0.25, 0.3) is 0 Å². The summed E-state index contributed by atoms with van der Waals surface area (Å²) in [7, 11) is 2.10. The van der Waals surface area contributed by atoms with Gasteiger partial charge in [0, 0.05) is 19.6 Å². The molecule has 14 heavy (non-hydrogen) atoms. The van der Waals surface area contributed by atoms with Gasteiger partial charge in [-0.15, -0.1) is 0 Å². The summed E-state index contributed by atoms with van der Waals surface area (Å²) in [6.45, 7) is 4.05. The Morgan fingerprint density at radius 2 is 1.86 bits per heavy atom. The topological polar surface area (TPSA) is 23.6 Å². The summed E-state index contributed by atoms with van der Waals surface area (Å²) in [4.78, 5) is 16.4. The smallest absolute Gasteiger partial charge is 0.227 e. The van der Waals surface area contributed by atoms with Crippen LogP contribution >= 0.6 is 0 Å². The molecule has 80 valence electrons. The first-order chi connectivity index (χ1) is 6.77. The Labute approximate surface area is 86.1 Å². The van der Waals surface area contributed by atoms with Crippen LogP contribution in [0, 0.1) is 5.92 Å². The molecule has 1 amide bonds. The fourth-order valence-electron chi connectivity index (χ4n) is 2.51. The predicted octanol–water partition coefficient (Wildman–Crippen LogP) is 0.951. The standard InChI is InChI=1S/C11H20N2O/c1-12-8-5-10(9-12)11(14)13-6-3-2-4-7-13/h10H,2-9H2,1H3/t10-/m1/s1. The van der Waals surface area contributed by atoms with Crippen molar-refractivity contribution in [3.8, 4) is 0 Å². The van der Waals surface area contributed by atoms with Crippen molar-refractivity contribution in [3.05, 3.63) is 0 Å². The molecule has 0 aromatic heterocycles. The molecule has 1 atom stereocenters. The monoisotopic (exact) mass is 196 g/mol. The van der Waals surface area contributed by atoms with Gasteiger partial charge in [0.05, 0.1) is 5.92 Å². The van der Waals surface area contributed by atoms with Crippen LogP contribution in [0.15, 0.2) is 0 Å². The van der Waals surface area contributed by atoms with Crippen LogP contribution < -0.4 is 0 Å². The van der Waals surface area contributed by atoms with E-state index in [1.54, 1.807) is 0 Å². The number of amides is 1. The summed E-state index contributed by atoms with van der Waals surface area (Å²) in [5, 5.41) is 0. The molecule has 2 heterocycles. The molecule has 3 nitrogen and oxygen atoms in total. The van der Waals surface area contributed by atoms with Gasteiger partial charge in [0.1, 0.15) is 0 Å². The van der Waals surface area contributed by atoms with E-state index in [-0.39, 0.29) is 5.92 Å². The first-order valence-electron chi connectivity index (χ1n) is 5.75. The van der Waals surface area contributed by atoms with E-state index >= 15 is 0 Å². The highest BCUT2D eigenvalue weighted by Gasteiger charge is 2.30. The molecule has 0 N–H and O–H groups in total. The van der Waals surface area contributed by atoms with Crippen LogP contribution in [0.4, 0.5) is 0 Å². The summed E-state index contributed by atoms with van der Waals surface area (Å²) in [6.07, 6.45) is 4.77. The molecule has 2 saturated heterocycles. The number of hydrogen-bond acceptors (Lipinski definition) is 2. The summed E-state index contributed by atoms with van der Waals surface area (Å²) in [5.74, 6) is 0.701. The summed E-state index contributed by atoms with van der Waals surface area (Å²) < 4.78 is 0. The van der Waals surface area contributed by atoms with Crippen LogP contribution in [0.1, 0.15) is 25.7 Å². The Kier molecular flexibility index (Phi) is 3.06. The SMILES string of the molecule is CN1CC[C@@H](C(=O)N2CCCCC2)C1. The number of carbonyl (C=O) groups excluding carboxylic acids is 1. The van der Waals surface area contributed by atoms with Gasteiger partial charge in [-0.3, -0.25) is 4.79 Å². The number of carbonyl (C=O) groups is 1. The molecule has 0 aromatic carbocycles. The number of rotatable bonds is 1. The van der Waals surface area contributed by atoms with Crippen molar-refractivity contribution in [2.24, 2.45) is 5.92 Å². The van der Waals surface area contributed by atoms with Crippen LogP contribution in [-0.4, -0.2) is 48.9 Å². The van der Waals surface area contributed by atoms with E-state index in [9.17, 15) is 4.79 Å². The van der Waals surface area contributed by atoms with Crippen molar-refractivity contribution >= 4 is 5.91 Å². The fourth-order valence-corrected chi connectivity index (χ4v) is 2.51.